The van der Waals surface area contributed by atoms with E-state index in [-0.39, 0.29) is 23.6 Å². The zero-order chi connectivity index (χ0) is 25.7. The first-order valence-electron chi connectivity index (χ1n) is 12.1. The van der Waals surface area contributed by atoms with Crippen LogP contribution in [0.3, 0.4) is 0 Å². The minimum Gasteiger partial charge on any atom is -0.497 e. The minimum atomic E-state index is -0.185. The van der Waals surface area contributed by atoms with Crippen molar-refractivity contribution in [3.8, 4) is 11.5 Å². The molecule has 0 bridgehead atoms. The van der Waals surface area contributed by atoms with Gasteiger partial charge in [-0.2, -0.15) is 0 Å². The first-order chi connectivity index (χ1) is 17.4. The fourth-order valence-electron chi connectivity index (χ4n) is 4.43. The van der Waals surface area contributed by atoms with Gasteiger partial charge in [0.15, 0.2) is 5.75 Å². The highest BCUT2D eigenvalue weighted by atomic mass is 16.5. The topological polar surface area (TPSA) is 76.0 Å². The van der Waals surface area contributed by atoms with Gasteiger partial charge in [-0.05, 0) is 55.3 Å². The number of anilines is 2. The average Bonchev–Trinajstić information content (AvgIpc) is 2.88. The summed E-state index contributed by atoms with van der Waals surface area (Å²) in [6.45, 7) is 8.07. The second-order valence-corrected chi connectivity index (χ2v) is 9.15. The second-order valence-electron chi connectivity index (χ2n) is 9.15. The largest absolute Gasteiger partial charge is 0.497 e. The van der Waals surface area contributed by atoms with E-state index >= 15 is 0 Å². The summed E-state index contributed by atoms with van der Waals surface area (Å²) in [4.78, 5) is 30.1. The number of carbonyl (C=O) groups excluding carboxylic acids is 1. The van der Waals surface area contributed by atoms with E-state index in [0.29, 0.717) is 6.54 Å². The van der Waals surface area contributed by atoms with E-state index in [9.17, 15) is 9.59 Å². The van der Waals surface area contributed by atoms with Gasteiger partial charge in [0.25, 0.3) is 0 Å². The Bertz CT molecular complexity index is 1260. The molecule has 1 N–H and O–H groups in total. The van der Waals surface area contributed by atoms with Crippen molar-refractivity contribution in [2.45, 2.75) is 26.9 Å². The molecule has 1 saturated heterocycles. The highest BCUT2D eigenvalue weighted by Gasteiger charge is 2.20. The number of ether oxygens (including phenoxy) is 2. The molecule has 1 fully saturated rings. The summed E-state index contributed by atoms with van der Waals surface area (Å²) >= 11 is 0. The summed E-state index contributed by atoms with van der Waals surface area (Å²) in [5, 5.41) is 3.01. The van der Waals surface area contributed by atoms with Gasteiger partial charge in [0.05, 0.1) is 20.4 Å². The number of aromatic nitrogens is 1. The van der Waals surface area contributed by atoms with Gasteiger partial charge in [-0.3, -0.25) is 14.5 Å². The molecule has 1 aromatic heterocycles. The Balaban J connectivity index is 1.45. The zero-order valence-electron chi connectivity index (χ0n) is 21.4. The number of nitrogens with zero attached hydrogens (tertiary/aromatic N) is 3. The first-order valence-corrected chi connectivity index (χ1v) is 12.1. The number of hydrogen-bond acceptors (Lipinski definition) is 6. The number of aryl methyl sites for hydroxylation is 2. The van der Waals surface area contributed by atoms with Crippen LogP contribution in [0.25, 0.3) is 0 Å². The van der Waals surface area contributed by atoms with Crippen molar-refractivity contribution in [1.82, 2.24) is 9.47 Å². The molecular formula is C28H34N4O4. The number of rotatable bonds is 8. The summed E-state index contributed by atoms with van der Waals surface area (Å²) in [6, 6.07) is 15.6. The fourth-order valence-corrected chi connectivity index (χ4v) is 4.43. The third-order valence-corrected chi connectivity index (χ3v) is 6.58. The maximum absolute atomic E-state index is 12.9. The molecule has 0 unspecified atom stereocenters. The number of amides is 1. The summed E-state index contributed by atoms with van der Waals surface area (Å²) in [5.41, 5.74) is 4.64. The predicted octanol–water partition coefficient (Wildman–Crippen LogP) is 3.44. The molecule has 1 amide bonds. The Hall–Kier alpha value is -3.78. The molecule has 2 aromatic carbocycles. The van der Waals surface area contributed by atoms with Gasteiger partial charge in [0.2, 0.25) is 11.3 Å². The van der Waals surface area contributed by atoms with Crippen LogP contribution in [0.5, 0.6) is 11.5 Å². The van der Waals surface area contributed by atoms with E-state index < -0.39 is 0 Å². The predicted molar refractivity (Wildman–Crippen MR) is 142 cm³/mol. The summed E-state index contributed by atoms with van der Waals surface area (Å²) in [7, 11) is 3.13. The van der Waals surface area contributed by atoms with Gasteiger partial charge in [0, 0.05) is 55.9 Å². The monoisotopic (exact) mass is 490 g/mol. The Morgan fingerprint density at radius 1 is 0.944 bits per heavy atom. The van der Waals surface area contributed by atoms with Crippen LogP contribution in [-0.4, -0.2) is 55.8 Å². The van der Waals surface area contributed by atoms with E-state index in [2.05, 4.69) is 27.2 Å². The van der Waals surface area contributed by atoms with Crippen LogP contribution in [0.1, 0.15) is 16.8 Å². The van der Waals surface area contributed by atoms with Crippen LogP contribution in [0.15, 0.2) is 59.5 Å². The maximum Gasteiger partial charge on any atom is 0.244 e. The Morgan fingerprint density at radius 3 is 2.33 bits per heavy atom. The molecule has 0 radical (unpaired) electrons. The molecule has 8 heteroatoms. The number of carbonyl (C=O) groups is 1. The molecule has 190 valence electrons. The highest BCUT2D eigenvalue weighted by molar-refractivity contribution is 5.91. The Morgan fingerprint density at radius 2 is 1.67 bits per heavy atom. The molecule has 0 spiro atoms. The van der Waals surface area contributed by atoms with Crippen LogP contribution >= 0.6 is 0 Å². The van der Waals surface area contributed by atoms with Crippen LogP contribution in [-0.2, 0) is 17.9 Å². The highest BCUT2D eigenvalue weighted by Crippen LogP contribution is 2.21. The number of benzene rings is 2. The summed E-state index contributed by atoms with van der Waals surface area (Å²) in [5.74, 6) is 0.916. The molecule has 3 aromatic rings. The molecule has 0 saturated carbocycles. The molecule has 1 aliphatic heterocycles. The number of hydrogen-bond donors (Lipinski definition) is 1. The molecule has 2 heterocycles. The van der Waals surface area contributed by atoms with E-state index in [1.54, 1.807) is 19.4 Å². The van der Waals surface area contributed by atoms with Gasteiger partial charge in [-0.1, -0.05) is 12.1 Å². The SMILES string of the molecule is COc1ccc(N2CCN(Cc3cc(=O)c(OC)cn3CC(=O)Nc3cc(C)ccc3C)CC2)cc1. The van der Waals surface area contributed by atoms with E-state index in [4.69, 9.17) is 9.47 Å². The minimum absolute atomic E-state index is 0.0885. The Labute approximate surface area is 212 Å². The van der Waals surface area contributed by atoms with Crippen molar-refractivity contribution in [1.29, 1.82) is 0 Å². The lowest BCUT2D eigenvalue weighted by atomic mass is 10.1. The number of pyridine rings is 1. The molecule has 8 nitrogen and oxygen atoms in total. The molecule has 4 rings (SSSR count). The lowest BCUT2D eigenvalue weighted by molar-refractivity contribution is -0.116. The number of nitrogens with one attached hydrogen (secondary N) is 1. The first kappa shape index (κ1) is 25.3. The summed E-state index contributed by atoms with van der Waals surface area (Å²) in [6.07, 6.45) is 1.63. The third-order valence-electron chi connectivity index (χ3n) is 6.58. The van der Waals surface area contributed by atoms with Crippen LogP contribution in [0, 0.1) is 13.8 Å². The zero-order valence-corrected chi connectivity index (χ0v) is 21.4. The van der Waals surface area contributed by atoms with Crippen molar-refractivity contribution in [2.24, 2.45) is 0 Å². The standard InChI is InChI=1S/C28H34N4O4/c1-20-5-6-21(2)25(15-20)29-28(34)19-32-18-27(36-4)26(33)16-23(32)17-30-11-13-31(14-12-30)22-7-9-24(35-3)10-8-22/h5-10,15-16,18H,11-14,17,19H2,1-4H3,(H,29,34). The van der Waals surface area contributed by atoms with Crippen molar-refractivity contribution in [3.05, 3.63) is 81.8 Å². The van der Waals surface area contributed by atoms with Gasteiger partial charge in [-0.15, -0.1) is 0 Å². The molecule has 0 aliphatic carbocycles. The van der Waals surface area contributed by atoms with Crippen LogP contribution < -0.4 is 25.1 Å². The fraction of sp³-hybridized carbons (Fsp3) is 0.357. The quantitative estimate of drug-likeness (QED) is 0.521. The number of piperazine rings is 1. The maximum atomic E-state index is 12.9. The van der Waals surface area contributed by atoms with Crippen molar-refractivity contribution in [3.63, 3.8) is 0 Å². The number of methoxy groups -OCH3 is 2. The van der Waals surface area contributed by atoms with Gasteiger partial charge in [0.1, 0.15) is 12.3 Å². The molecule has 0 atom stereocenters. The van der Waals surface area contributed by atoms with E-state index in [1.807, 2.05) is 48.7 Å². The second kappa shape index (κ2) is 11.3. The summed E-state index contributed by atoms with van der Waals surface area (Å²) < 4.78 is 12.3. The average molecular weight is 491 g/mol. The Kier molecular flexibility index (Phi) is 7.95. The third kappa shape index (κ3) is 6.07. The van der Waals surface area contributed by atoms with E-state index in [0.717, 1.165) is 54.4 Å². The van der Waals surface area contributed by atoms with Crippen molar-refractivity contribution < 1.29 is 14.3 Å². The smallest absolute Gasteiger partial charge is 0.244 e. The lowest BCUT2D eigenvalue weighted by Gasteiger charge is -2.36. The van der Waals surface area contributed by atoms with Gasteiger partial charge < -0.3 is 24.3 Å². The van der Waals surface area contributed by atoms with Gasteiger partial charge in [-0.25, -0.2) is 0 Å². The normalized spacial score (nSPS) is 13.9. The van der Waals surface area contributed by atoms with Crippen molar-refractivity contribution in [2.75, 3.05) is 50.6 Å². The van der Waals surface area contributed by atoms with Crippen molar-refractivity contribution >= 4 is 17.3 Å². The molecule has 1 aliphatic rings. The van der Waals surface area contributed by atoms with E-state index in [1.165, 1.54) is 12.8 Å². The van der Waals surface area contributed by atoms with Gasteiger partial charge >= 0.3 is 0 Å². The van der Waals surface area contributed by atoms with Crippen LogP contribution in [0.4, 0.5) is 11.4 Å². The lowest BCUT2D eigenvalue weighted by Crippen LogP contribution is -2.46. The van der Waals surface area contributed by atoms with Crippen LogP contribution in [0.2, 0.25) is 0 Å². The molecule has 36 heavy (non-hydrogen) atoms. The molecular weight excluding hydrogens is 456 g/mol.